The predicted molar refractivity (Wildman–Crippen MR) is 234 cm³/mol. The third-order valence-electron chi connectivity index (χ3n) is 13.1. The fourth-order valence-corrected chi connectivity index (χ4v) is 8.96. The molecule has 62 heavy (non-hydrogen) atoms. The third kappa shape index (κ3) is 7.21. The van der Waals surface area contributed by atoms with Crippen LogP contribution in [-0.2, 0) is 14.3 Å². The second-order valence-electron chi connectivity index (χ2n) is 17.3. The standard InChI is InChI=1S/C46H56N4O12/c1-20-13-11-14-21(2)45(58)48-34-40(56)30-29(33-42(34)61-43-32(47-33)27(51)19-26-35(43)50(9)17-12-16-49(26)8)31-41(25(6)39(30)55)62-46(7,44(31)57)60-18-15-28(59-10)22(3)37(53)24(5)38(54)23(4)36(20)52/h11,13-15,18-20,22-24,28,36-38,51-55H,12,16-17H2,1-10H3,(H,48,58)/b13-11+,18-15+,21-14-/t20-,22+,23+,24-,28-,36-,37+,38+,46-/m0/s1. The summed E-state index contributed by atoms with van der Waals surface area (Å²) in [5.74, 6) is -7.10. The summed E-state index contributed by atoms with van der Waals surface area (Å²) in [5.41, 5.74) is 0.00432. The Hall–Kier alpha value is -5.68. The maximum atomic E-state index is 14.9. The first kappa shape index (κ1) is 44.4. The number of hydrogen-bond donors (Lipinski definition) is 6. The average Bonchev–Trinajstić information content (AvgIpc) is 3.42. The Bertz CT molecular complexity index is 2580. The number of aliphatic hydroxyl groups is 3. The number of carbonyl (C=O) groups is 2. The normalized spacial score (nSPS) is 30.8. The molecule has 0 fully saturated rings. The highest BCUT2D eigenvalue weighted by atomic mass is 16.7. The van der Waals surface area contributed by atoms with Gasteiger partial charge in [-0.05, 0) is 26.3 Å². The number of aromatic nitrogens is 1. The number of phenols is 2. The van der Waals surface area contributed by atoms with Gasteiger partial charge >= 0.3 is 5.79 Å². The SMILES string of the molecule is CO[C@H]1/C=C/O[C@@]2(C)Oc3c(C)c(O)c4c(=O)c(c5oc6c7c(cc(O)c6nc-5c4c3C2=O)N(C)CCCN7C)NC(=O)/C(C)=C\C=C\[C@H](C)[C@H](O)[C@@H](C)[C@@H](O)[C@@H](C)[C@H](O)[C@@H]1C. The minimum Gasteiger partial charge on any atom is -0.507 e. The maximum Gasteiger partial charge on any atom is 0.312 e. The molecule has 16 heteroatoms. The Kier molecular flexibility index (Phi) is 11.8. The van der Waals surface area contributed by atoms with Crippen LogP contribution in [0.25, 0.3) is 33.3 Å². The Morgan fingerprint density at radius 3 is 2.27 bits per heavy atom. The summed E-state index contributed by atoms with van der Waals surface area (Å²) >= 11 is 0. The van der Waals surface area contributed by atoms with Crippen molar-refractivity contribution in [3.05, 3.63) is 63.6 Å². The van der Waals surface area contributed by atoms with E-state index < -0.39 is 76.7 Å². The fourth-order valence-electron chi connectivity index (χ4n) is 8.96. The molecule has 4 bridgehead atoms. The Morgan fingerprint density at radius 2 is 1.58 bits per heavy atom. The van der Waals surface area contributed by atoms with Gasteiger partial charge in [0.2, 0.25) is 5.43 Å². The van der Waals surface area contributed by atoms with Crippen molar-refractivity contribution in [3.8, 4) is 28.7 Å². The lowest BCUT2D eigenvalue weighted by atomic mass is 9.78. The number of ether oxygens (including phenoxy) is 3. The van der Waals surface area contributed by atoms with Crippen molar-refractivity contribution in [1.29, 1.82) is 0 Å². The summed E-state index contributed by atoms with van der Waals surface area (Å²) in [4.78, 5) is 52.4. The first-order valence-electron chi connectivity index (χ1n) is 20.8. The molecule has 0 radical (unpaired) electrons. The first-order chi connectivity index (χ1) is 29.2. The van der Waals surface area contributed by atoms with Gasteiger partial charge in [-0.25, -0.2) is 4.98 Å². The lowest BCUT2D eigenvalue weighted by Crippen LogP contribution is -2.44. The molecule has 0 saturated carbocycles. The Morgan fingerprint density at radius 1 is 0.919 bits per heavy atom. The van der Waals surface area contributed by atoms with Crippen LogP contribution in [0.4, 0.5) is 17.1 Å². The third-order valence-corrected chi connectivity index (χ3v) is 13.1. The number of carbonyl (C=O) groups excluding carboxylic acids is 2. The van der Waals surface area contributed by atoms with Gasteiger partial charge in [0.15, 0.2) is 16.9 Å². The van der Waals surface area contributed by atoms with E-state index in [0.717, 1.165) is 6.42 Å². The van der Waals surface area contributed by atoms with Crippen LogP contribution in [-0.4, -0.2) is 107 Å². The number of aromatic hydroxyl groups is 2. The van der Waals surface area contributed by atoms with Gasteiger partial charge in [-0.3, -0.25) is 14.4 Å². The molecule has 6 N–H and O–H groups in total. The van der Waals surface area contributed by atoms with Gasteiger partial charge in [-0.2, -0.15) is 0 Å². The molecule has 332 valence electrons. The maximum absolute atomic E-state index is 14.9. The summed E-state index contributed by atoms with van der Waals surface area (Å²) < 4.78 is 24.6. The summed E-state index contributed by atoms with van der Waals surface area (Å²) in [7, 11) is 5.18. The van der Waals surface area contributed by atoms with E-state index in [1.165, 1.54) is 46.3 Å². The van der Waals surface area contributed by atoms with Gasteiger partial charge in [0.25, 0.3) is 11.7 Å². The summed E-state index contributed by atoms with van der Waals surface area (Å²) in [6, 6.07) is 1.57. The van der Waals surface area contributed by atoms with Crippen LogP contribution in [0.5, 0.6) is 17.2 Å². The number of methoxy groups -OCH3 is 1. The van der Waals surface area contributed by atoms with Crippen molar-refractivity contribution >= 4 is 50.6 Å². The number of ketones is 1. The molecule has 1 aliphatic carbocycles. The molecule has 5 aliphatic rings. The van der Waals surface area contributed by atoms with Crippen LogP contribution < -0.4 is 25.3 Å². The monoisotopic (exact) mass is 856 g/mol. The number of hydrogen-bond acceptors (Lipinski definition) is 15. The zero-order valence-electron chi connectivity index (χ0n) is 36.6. The summed E-state index contributed by atoms with van der Waals surface area (Å²) in [6.07, 6.45) is 4.19. The van der Waals surface area contributed by atoms with Crippen molar-refractivity contribution < 1.29 is 53.7 Å². The van der Waals surface area contributed by atoms with E-state index >= 15 is 0 Å². The van der Waals surface area contributed by atoms with Gasteiger partial charge in [0.1, 0.15) is 34.3 Å². The Labute approximate surface area is 359 Å². The topological polar surface area (TPSA) is 225 Å². The number of nitrogens with zero attached hydrogens (tertiary/aromatic N) is 3. The lowest BCUT2D eigenvalue weighted by molar-refractivity contribution is -0.112. The minimum absolute atomic E-state index is 0.00139. The number of benzene rings is 3. The molecule has 0 spiro atoms. The second-order valence-corrected chi connectivity index (χ2v) is 17.3. The number of fused-ring (bicyclic) bond motifs is 4. The zero-order valence-corrected chi connectivity index (χ0v) is 36.6. The number of aliphatic hydroxyl groups excluding tert-OH is 3. The van der Waals surface area contributed by atoms with Gasteiger partial charge in [-0.15, -0.1) is 0 Å². The van der Waals surface area contributed by atoms with Gasteiger partial charge in [0, 0.05) is 87.5 Å². The molecule has 4 heterocycles. The van der Waals surface area contributed by atoms with E-state index in [1.54, 1.807) is 45.9 Å². The number of phenolic OH excluding ortho intramolecular Hbond substituents is 2. The molecule has 1 amide bonds. The highest BCUT2D eigenvalue weighted by molar-refractivity contribution is 6.22. The van der Waals surface area contributed by atoms with Crippen molar-refractivity contribution in [2.24, 2.45) is 23.7 Å². The van der Waals surface area contributed by atoms with Crippen molar-refractivity contribution in [2.75, 3.05) is 49.4 Å². The van der Waals surface area contributed by atoms with Crippen molar-refractivity contribution in [3.63, 3.8) is 0 Å². The van der Waals surface area contributed by atoms with Crippen molar-refractivity contribution in [1.82, 2.24) is 4.98 Å². The smallest absolute Gasteiger partial charge is 0.312 e. The molecule has 0 aromatic heterocycles. The molecule has 2 aromatic rings. The number of amides is 1. The molecule has 0 saturated heterocycles. The van der Waals surface area contributed by atoms with Gasteiger partial charge in [-0.1, -0.05) is 45.9 Å². The number of anilines is 3. The number of Topliss-reactive ketones (excluding diaryl/α,β-unsaturated/α-hetero) is 1. The van der Waals surface area contributed by atoms with Crippen molar-refractivity contribution in [2.45, 2.75) is 85.1 Å². The minimum atomic E-state index is -2.05. The molecule has 2 aromatic carbocycles. The fraction of sp³-hybridized carbons (Fsp3) is 0.478. The average molecular weight is 857 g/mol. The largest absolute Gasteiger partial charge is 0.507 e. The number of nitrogens with one attached hydrogen (secondary N) is 1. The van der Waals surface area contributed by atoms with Gasteiger partial charge < -0.3 is 59.3 Å². The second kappa shape index (κ2) is 16.5. The van der Waals surface area contributed by atoms with Crippen LogP contribution in [0.2, 0.25) is 0 Å². The van der Waals surface area contributed by atoms with E-state index in [9.17, 15) is 39.9 Å². The van der Waals surface area contributed by atoms with Crippen LogP contribution >= 0.6 is 0 Å². The van der Waals surface area contributed by atoms with Crippen LogP contribution in [0.3, 0.4) is 0 Å². The molecule has 0 unspecified atom stereocenters. The molecule has 4 aliphatic heterocycles. The van der Waals surface area contributed by atoms with Crippen LogP contribution in [0.1, 0.15) is 63.9 Å². The highest BCUT2D eigenvalue weighted by Gasteiger charge is 2.50. The molecular weight excluding hydrogens is 801 g/mol. The summed E-state index contributed by atoms with van der Waals surface area (Å²) in [6.45, 7) is 12.5. The van der Waals surface area contributed by atoms with E-state index in [2.05, 4.69) is 5.32 Å². The van der Waals surface area contributed by atoms with E-state index in [4.69, 9.17) is 23.6 Å². The lowest BCUT2D eigenvalue weighted by Gasteiger charge is -2.36. The quantitative estimate of drug-likeness (QED) is 0.105. The number of allylic oxidation sites excluding steroid dienone is 2. The Balaban J connectivity index is 1.51. The van der Waals surface area contributed by atoms with E-state index in [1.807, 2.05) is 23.9 Å². The van der Waals surface area contributed by atoms with Gasteiger partial charge in [0.05, 0.1) is 47.3 Å². The number of rotatable bonds is 1. The molecular formula is C46H56N4O12. The molecule has 7 rings (SSSR count). The first-order valence-corrected chi connectivity index (χ1v) is 20.8. The van der Waals surface area contributed by atoms with E-state index in [-0.39, 0.29) is 67.2 Å². The highest BCUT2D eigenvalue weighted by Crippen LogP contribution is 2.52. The summed E-state index contributed by atoms with van der Waals surface area (Å²) in [5, 5.41) is 59.6. The van der Waals surface area contributed by atoms with Crippen LogP contribution in [0, 0.1) is 30.6 Å². The zero-order chi connectivity index (χ0) is 45.3. The molecule has 16 nitrogen and oxygen atoms in total. The predicted octanol–water partition coefficient (Wildman–Crippen LogP) is 5.36. The van der Waals surface area contributed by atoms with E-state index in [0.29, 0.717) is 24.5 Å². The molecule has 9 atom stereocenters. The van der Waals surface area contributed by atoms with Crippen LogP contribution in [0.15, 0.2) is 51.4 Å².